The maximum Gasteiger partial charge on any atom is 0.344 e. The Balaban J connectivity index is 2.49. The number of esters is 1. The lowest BCUT2D eigenvalue weighted by Crippen LogP contribution is -1.92. The van der Waals surface area contributed by atoms with Crippen LogP contribution in [0.5, 0.6) is 5.75 Å². The van der Waals surface area contributed by atoms with Crippen LogP contribution in [0.3, 0.4) is 0 Å². The number of benzene rings is 1. The first-order chi connectivity index (χ1) is 7.24. The minimum absolute atomic E-state index is 0.0979. The Hall–Kier alpha value is -1.77. The summed E-state index contributed by atoms with van der Waals surface area (Å²) in [6.45, 7) is 2.04. The molecule has 0 unspecified atom stereocenters. The number of ether oxygens (including phenoxy) is 1. The molecule has 1 heterocycles. The summed E-state index contributed by atoms with van der Waals surface area (Å²) in [5.41, 5.74) is 0.966. The molecule has 1 aromatic rings. The zero-order chi connectivity index (χ0) is 10.8. The molecular formula is C12H12O3. The molecule has 0 fully saturated rings. The Kier molecular flexibility index (Phi) is 2.46. The van der Waals surface area contributed by atoms with E-state index < -0.39 is 0 Å². The quantitative estimate of drug-likeness (QED) is 0.753. The smallest absolute Gasteiger partial charge is 0.344 e. The van der Waals surface area contributed by atoms with E-state index in [4.69, 9.17) is 4.74 Å². The second kappa shape index (κ2) is 3.77. The summed E-state index contributed by atoms with van der Waals surface area (Å²) >= 11 is 0. The van der Waals surface area contributed by atoms with E-state index in [1.807, 2.05) is 13.0 Å². The van der Waals surface area contributed by atoms with Gasteiger partial charge in [0.05, 0.1) is 11.1 Å². The monoisotopic (exact) mass is 204 g/mol. The van der Waals surface area contributed by atoms with Crippen molar-refractivity contribution < 1.29 is 14.6 Å². The highest BCUT2D eigenvalue weighted by molar-refractivity contribution is 6.04. The van der Waals surface area contributed by atoms with Crippen molar-refractivity contribution >= 4 is 11.7 Å². The number of fused-ring (bicyclic) bond motifs is 1. The van der Waals surface area contributed by atoms with Gasteiger partial charge in [0.1, 0.15) is 11.5 Å². The highest BCUT2D eigenvalue weighted by atomic mass is 16.5. The van der Waals surface area contributed by atoms with Gasteiger partial charge in [0.2, 0.25) is 0 Å². The maximum atomic E-state index is 11.4. The number of phenolic OH excluding ortho intramolecular Hbond substituents is 1. The van der Waals surface area contributed by atoms with E-state index in [2.05, 4.69) is 0 Å². The van der Waals surface area contributed by atoms with Gasteiger partial charge < -0.3 is 9.84 Å². The molecule has 0 bridgehead atoms. The van der Waals surface area contributed by atoms with Gasteiger partial charge in [-0.3, -0.25) is 0 Å². The van der Waals surface area contributed by atoms with Gasteiger partial charge >= 0.3 is 5.97 Å². The lowest BCUT2D eigenvalue weighted by molar-refractivity contribution is 0.0715. The normalized spacial score (nSPS) is 16.6. The van der Waals surface area contributed by atoms with Crippen molar-refractivity contribution in [2.45, 2.75) is 19.8 Å². The van der Waals surface area contributed by atoms with E-state index in [0.29, 0.717) is 16.9 Å². The van der Waals surface area contributed by atoms with Crippen LogP contribution in [0.15, 0.2) is 24.3 Å². The SMILES string of the molecule is CCC/C=C1\OC(=O)c2cccc(O)c21. The average Bonchev–Trinajstić information content (AvgIpc) is 2.55. The summed E-state index contributed by atoms with van der Waals surface area (Å²) in [5, 5.41) is 9.65. The number of carbonyl (C=O) groups excluding carboxylic acids is 1. The minimum Gasteiger partial charge on any atom is -0.507 e. The molecule has 3 heteroatoms. The third-order valence-electron chi connectivity index (χ3n) is 2.33. The standard InChI is InChI=1S/C12H12O3/c1-2-3-7-10-11-8(12(14)15-10)5-4-6-9(11)13/h4-7,13H,2-3H2,1H3/b10-7-. The van der Waals surface area contributed by atoms with Gasteiger partial charge in [-0.1, -0.05) is 19.4 Å². The molecule has 1 aliphatic rings. The fraction of sp³-hybridized carbons (Fsp3) is 0.250. The molecule has 0 aliphatic carbocycles. The number of aromatic hydroxyl groups is 1. The number of hydrogen-bond acceptors (Lipinski definition) is 3. The summed E-state index contributed by atoms with van der Waals surface area (Å²) in [6.07, 6.45) is 3.64. The first-order valence-electron chi connectivity index (χ1n) is 4.98. The Labute approximate surface area is 88.0 Å². The fourth-order valence-electron chi connectivity index (χ4n) is 1.59. The zero-order valence-corrected chi connectivity index (χ0v) is 8.49. The van der Waals surface area contributed by atoms with Gasteiger partial charge in [-0.2, -0.15) is 0 Å². The third-order valence-corrected chi connectivity index (χ3v) is 2.33. The van der Waals surface area contributed by atoms with Crippen molar-refractivity contribution in [3.8, 4) is 5.75 Å². The van der Waals surface area contributed by atoms with Crippen LogP contribution >= 0.6 is 0 Å². The molecule has 1 aliphatic heterocycles. The van der Waals surface area contributed by atoms with Gasteiger partial charge in [-0.25, -0.2) is 4.79 Å². The summed E-state index contributed by atoms with van der Waals surface area (Å²) < 4.78 is 5.08. The van der Waals surface area contributed by atoms with Crippen molar-refractivity contribution in [2.75, 3.05) is 0 Å². The molecule has 2 rings (SSSR count). The molecule has 1 aromatic carbocycles. The first kappa shape index (κ1) is 9.77. The van der Waals surface area contributed by atoms with E-state index >= 15 is 0 Å². The molecule has 0 atom stereocenters. The number of carbonyl (C=O) groups is 1. The van der Waals surface area contributed by atoms with Crippen LogP contribution in [-0.2, 0) is 4.74 Å². The van der Waals surface area contributed by atoms with E-state index in [-0.39, 0.29) is 11.7 Å². The first-order valence-corrected chi connectivity index (χ1v) is 4.98. The van der Waals surface area contributed by atoms with Crippen molar-refractivity contribution in [3.63, 3.8) is 0 Å². The largest absolute Gasteiger partial charge is 0.507 e. The van der Waals surface area contributed by atoms with Gasteiger partial charge in [0.15, 0.2) is 0 Å². The van der Waals surface area contributed by atoms with Gasteiger partial charge in [-0.15, -0.1) is 0 Å². The molecular weight excluding hydrogens is 192 g/mol. The van der Waals surface area contributed by atoms with Crippen LogP contribution in [0.25, 0.3) is 5.76 Å². The molecule has 15 heavy (non-hydrogen) atoms. The number of hydrogen-bond donors (Lipinski definition) is 1. The molecule has 0 saturated heterocycles. The van der Waals surface area contributed by atoms with E-state index in [9.17, 15) is 9.90 Å². The van der Waals surface area contributed by atoms with E-state index in [1.165, 1.54) is 0 Å². The van der Waals surface area contributed by atoms with Gasteiger partial charge in [0, 0.05) is 0 Å². The van der Waals surface area contributed by atoms with Crippen LogP contribution in [0, 0.1) is 0 Å². The van der Waals surface area contributed by atoms with E-state index in [0.717, 1.165) is 12.8 Å². The molecule has 1 N–H and O–H groups in total. The second-order valence-electron chi connectivity index (χ2n) is 3.45. The summed E-state index contributed by atoms with van der Waals surface area (Å²) in [6, 6.07) is 4.85. The van der Waals surface area contributed by atoms with Crippen molar-refractivity contribution in [1.82, 2.24) is 0 Å². The van der Waals surface area contributed by atoms with Crippen molar-refractivity contribution in [1.29, 1.82) is 0 Å². The minimum atomic E-state index is -0.386. The predicted octanol–water partition coefficient (Wildman–Crippen LogP) is 2.70. The van der Waals surface area contributed by atoms with Crippen LogP contribution in [0.1, 0.15) is 35.7 Å². The number of unbranched alkanes of at least 4 members (excludes halogenated alkanes) is 1. The number of rotatable bonds is 2. The molecule has 0 radical (unpaired) electrons. The van der Waals surface area contributed by atoms with Crippen LogP contribution in [-0.4, -0.2) is 11.1 Å². The Morgan fingerprint density at radius 3 is 3.00 bits per heavy atom. The fourth-order valence-corrected chi connectivity index (χ4v) is 1.59. The molecule has 0 aromatic heterocycles. The third kappa shape index (κ3) is 1.61. The van der Waals surface area contributed by atoms with Crippen LogP contribution in [0.2, 0.25) is 0 Å². The number of cyclic esters (lactones) is 1. The molecule has 0 amide bonds. The topological polar surface area (TPSA) is 46.5 Å². The predicted molar refractivity (Wildman–Crippen MR) is 56.4 cm³/mol. The summed E-state index contributed by atoms with van der Waals surface area (Å²) in [4.78, 5) is 11.4. The maximum absolute atomic E-state index is 11.4. The lowest BCUT2D eigenvalue weighted by Gasteiger charge is -2.00. The van der Waals surface area contributed by atoms with Crippen LogP contribution in [0.4, 0.5) is 0 Å². The van der Waals surface area contributed by atoms with Crippen molar-refractivity contribution in [2.24, 2.45) is 0 Å². The highest BCUT2D eigenvalue weighted by Gasteiger charge is 2.28. The molecule has 0 spiro atoms. The molecule has 0 saturated carbocycles. The summed E-state index contributed by atoms with van der Waals surface area (Å²) in [5.74, 6) is 0.193. The number of allylic oxidation sites excluding steroid dienone is 1. The Morgan fingerprint density at radius 2 is 2.27 bits per heavy atom. The highest BCUT2D eigenvalue weighted by Crippen LogP contribution is 2.36. The summed E-state index contributed by atoms with van der Waals surface area (Å²) in [7, 11) is 0. The van der Waals surface area contributed by atoms with Crippen molar-refractivity contribution in [3.05, 3.63) is 35.4 Å². The van der Waals surface area contributed by atoms with Crippen LogP contribution < -0.4 is 0 Å². The lowest BCUT2D eigenvalue weighted by atomic mass is 10.1. The second-order valence-corrected chi connectivity index (χ2v) is 3.45. The Bertz CT molecular complexity index is 432. The van der Waals surface area contributed by atoms with Gasteiger partial charge in [-0.05, 0) is 24.6 Å². The Morgan fingerprint density at radius 1 is 1.47 bits per heavy atom. The number of phenols is 1. The van der Waals surface area contributed by atoms with E-state index in [1.54, 1.807) is 18.2 Å². The average molecular weight is 204 g/mol. The molecule has 3 nitrogen and oxygen atoms in total. The molecule has 78 valence electrons. The van der Waals surface area contributed by atoms with Gasteiger partial charge in [0.25, 0.3) is 0 Å². The zero-order valence-electron chi connectivity index (χ0n) is 8.49.